The molecule has 0 N–H and O–H groups in total. The third kappa shape index (κ3) is 3.14. The van der Waals surface area contributed by atoms with E-state index in [1.165, 1.54) is 0 Å². The lowest BCUT2D eigenvalue weighted by Gasteiger charge is -2.12. The molecule has 0 spiro atoms. The van der Waals surface area contributed by atoms with E-state index in [1.54, 1.807) is 6.26 Å². The zero-order chi connectivity index (χ0) is 10.6. The fourth-order valence-corrected chi connectivity index (χ4v) is 1.54. The largest absolute Gasteiger partial charge is 0.491 e. The Hall–Kier alpha value is -0.830. The first kappa shape index (κ1) is 11.2. The van der Waals surface area contributed by atoms with Crippen molar-refractivity contribution in [3.05, 3.63) is 24.3 Å². The van der Waals surface area contributed by atoms with Crippen LogP contribution in [0.2, 0.25) is 0 Å². The maximum atomic E-state index is 11.1. The summed E-state index contributed by atoms with van der Waals surface area (Å²) in [5.41, 5.74) is 0. The highest BCUT2D eigenvalue weighted by molar-refractivity contribution is 7.84. The van der Waals surface area contributed by atoms with E-state index in [4.69, 9.17) is 4.74 Å². The van der Waals surface area contributed by atoms with Crippen LogP contribution in [0.25, 0.3) is 0 Å². The number of ether oxygens (including phenoxy) is 1. The van der Waals surface area contributed by atoms with Crippen molar-refractivity contribution in [1.82, 2.24) is 0 Å². The summed E-state index contributed by atoms with van der Waals surface area (Å²) in [5, 5.41) is 0. The predicted octanol–water partition coefficient (Wildman–Crippen LogP) is 2.60. The van der Waals surface area contributed by atoms with Gasteiger partial charge >= 0.3 is 0 Å². The number of rotatable bonds is 4. The lowest BCUT2D eigenvalue weighted by Crippen LogP contribution is -2.09. The van der Waals surface area contributed by atoms with Crippen molar-refractivity contribution in [3.8, 4) is 5.75 Å². The first-order valence-electron chi connectivity index (χ1n) is 4.73. The quantitative estimate of drug-likeness (QED) is 0.767. The molecule has 0 aliphatic heterocycles. The van der Waals surface area contributed by atoms with E-state index in [1.807, 2.05) is 31.2 Å². The van der Waals surface area contributed by atoms with E-state index >= 15 is 0 Å². The molecule has 0 saturated carbocycles. The molecule has 0 aromatic heterocycles. The molecule has 78 valence electrons. The fourth-order valence-electron chi connectivity index (χ4n) is 1.03. The minimum atomic E-state index is -0.907. The highest BCUT2D eigenvalue weighted by atomic mass is 32.2. The van der Waals surface area contributed by atoms with Gasteiger partial charge in [0.05, 0.1) is 6.10 Å². The van der Waals surface area contributed by atoms with Gasteiger partial charge in [0.15, 0.2) is 0 Å². The Morgan fingerprint density at radius 3 is 2.36 bits per heavy atom. The van der Waals surface area contributed by atoms with Crippen molar-refractivity contribution in [2.24, 2.45) is 0 Å². The van der Waals surface area contributed by atoms with E-state index in [0.717, 1.165) is 17.1 Å². The molecule has 0 fully saturated rings. The maximum Gasteiger partial charge on any atom is 0.119 e. The van der Waals surface area contributed by atoms with E-state index < -0.39 is 10.8 Å². The standard InChI is InChI=1S/C11H16O2S/c1-4-9(2)13-10-5-7-11(8-6-10)14(3)12/h5-9H,4H2,1-3H3. The zero-order valence-corrected chi connectivity index (χ0v) is 9.64. The average Bonchev–Trinajstić information content (AvgIpc) is 2.18. The van der Waals surface area contributed by atoms with Crippen LogP contribution in [0.15, 0.2) is 29.2 Å². The van der Waals surface area contributed by atoms with Gasteiger partial charge in [0.2, 0.25) is 0 Å². The Kier molecular flexibility index (Phi) is 4.14. The Labute approximate surface area is 87.7 Å². The van der Waals surface area contributed by atoms with E-state index in [9.17, 15) is 4.21 Å². The van der Waals surface area contributed by atoms with Gasteiger partial charge in [0.1, 0.15) is 5.75 Å². The van der Waals surface area contributed by atoms with Crippen LogP contribution in [0.5, 0.6) is 5.75 Å². The summed E-state index contributed by atoms with van der Waals surface area (Å²) in [6.45, 7) is 4.12. The van der Waals surface area contributed by atoms with Crippen molar-refractivity contribution in [1.29, 1.82) is 0 Å². The monoisotopic (exact) mass is 212 g/mol. The van der Waals surface area contributed by atoms with Gasteiger partial charge in [-0.3, -0.25) is 4.21 Å². The van der Waals surface area contributed by atoms with Crippen LogP contribution in [0.4, 0.5) is 0 Å². The van der Waals surface area contributed by atoms with Gasteiger partial charge in [-0.2, -0.15) is 0 Å². The highest BCUT2D eigenvalue weighted by Gasteiger charge is 2.01. The second-order valence-electron chi connectivity index (χ2n) is 3.26. The Morgan fingerprint density at radius 2 is 1.93 bits per heavy atom. The number of hydrogen-bond acceptors (Lipinski definition) is 2. The summed E-state index contributed by atoms with van der Waals surface area (Å²) < 4.78 is 16.7. The lowest BCUT2D eigenvalue weighted by molar-refractivity contribution is 0.217. The summed E-state index contributed by atoms with van der Waals surface area (Å²) in [5.74, 6) is 0.841. The molecule has 1 aromatic rings. The summed E-state index contributed by atoms with van der Waals surface area (Å²) in [4.78, 5) is 0.835. The van der Waals surface area contributed by atoms with E-state index in [-0.39, 0.29) is 6.10 Å². The molecule has 2 unspecified atom stereocenters. The van der Waals surface area contributed by atoms with Gasteiger partial charge in [0.25, 0.3) is 0 Å². The molecule has 0 aliphatic rings. The van der Waals surface area contributed by atoms with Crippen LogP contribution in [0, 0.1) is 0 Å². The number of hydrogen-bond donors (Lipinski definition) is 0. The first-order valence-corrected chi connectivity index (χ1v) is 6.29. The molecule has 0 saturated heterocycles. The molecule has 0 bridgehead atoms. The molecule has 3 heteroatoms. The molecule has 2 atom stereocenters. The summed E-state index contributed by atoms with van der Waals surface area (Å²) in [6.07, 6.45) is 2.89. The lowest BCUT2D eigenvalue weighted by atomic mass is 10.3. The van der Waals surface area contributed by atoms with Crippen molar-refractivity contribution in [3.63, 3.8) is 0 Å². The highest BCUT2D eigenvalue weighted by Crippen LogP contribution is 2.16. The van der Waals surface area contributed by atoms with Crippen LogP contribution in [-0.4, -0.2) is 16.6 Å². The molecule has 0 radical (unpaired) electrons. The van der Waals surface area contributed by atoms with Crippen molar-refractivity contribution >= 4 is 10.8 Å². The molecule has 1 aromatic carbocycles. The summed E-state index contributed by atoms with van der Waals surface area (Å²) in [7, 11) is -0.907. The fraction of sp³-hybridized carbons (Fsp3) is 0.455. The van der Waals surface area contributed by atoms with Gasteiger partial charge in [-0.1, -0.05) is 6.92 Å². The van der Waals surface area contributed by atoms with Crippen molar-refractivity contribution in [2.75, 3.05) is 6.26 Å². The van der Waals surface area contributed by atoms with Gasteiger partial charge in [-0.25, -0.2) is 0 Å². The SMILES string of the molecule is CCC(C)Oc1ccc(S(C)=O)cc1. The van der Waals surface area contributed by atoms with Gasteiger partial charge in [-0.15, -0.1) is 0 Å². The van der Waals surface area contributed by atoms with Gasteiger partial charge in [-0.05, 0) is 37.6 Å². The summed E-state index contributed by atoms with van der Waals surface area (Å²) in [6, 6.07) is 7.41. The van der Waals surface area contributed by atoms with Crippen molar-refractivity contribution in [2.45, 2.75) is 31.3 Å². The topological polar surface area (TPSA) is 26.3 Å². The third-order valence-electron chi connectivity index (χ3n) is 2.07. The zero-order valence-electron chi connectivity index (χ0n) is 8.82. The predicted molar refractivity (Wildman–Crippen MR) is 59.2 cm³/mol. The molecule has 0 amide bonds. The molecule has 0 heterocycles. The molecular formula is C11H16O2S. The number of benzene rings is 1. The first-order chi connectivity index (χ1) is 6.63. The second-order valence-corrected chi connectivity index (χ2v) is 4.64. The molecule has 0 aliphatic carbocycles. The molecule has 2 nitrogen and oxygen atoms in total. The Morgan fingerprint density at radius 1 is 1.36 bits per heavy atom. The smallest absolute Gasteiger partial charge is 0.119 e. The third-order valence-corrected chi connectivity index (χ3v) is 3.00. The second kappa shape index (κ2) is 5.15. The van der Waals surface area contributed by atoms with Crippen LogP contribution in [0.1, 0.15) is 20.3 Å². The van der Waals surface area contributed by atoms with Gasteiger partial charge < -0.3 is 4.74 Å². The summed E-state index contributed by atoms with van der Waals surface area (Å²) >= 11 is 0. The van der Waals surface area contributed by atoms with Crippen LogP contribution >= 0.6 is 0 Å². The Balaban J connectivity index is 2.68. The van der Waals surface area contributed by atoms with Gasteiger partial charge in [0, 0.05) is 22.0 Å². The molecular weight excluding hydrogens is 196 g/mol. The van der Waals surface area contributed by atoms with E-state index in [2.05, 4.69) is 6.92 Å². The molecule has 1 rings (SSSR count). The molecule has 14 heavy (non-hydrogen) atoms. The minimum absolute atomic E-state index is 0.230. The normalized spacial score (nSPS) is 14.8. The van der Waals surface area contributed by atoms with Crippen LogP contribution in [-0.2, 0) is 10.8 Å². The average molecular weight is 212 g/mol. The van der Waals surface area contributed by atoms with Crippen LogP contribution in [0.3, 0.4) is 0 Å². The maximum absolute atomic E-state index is 11.1. The van der Waals surface area contributed by atoms with E-state index in [0.29, 0.717) is 0 Å². The Bertz CT molecular complexity index is 306. The van der Waals surface area contributed by atoms with Crippen LogP contribution < -0.4 is 4.74 Å². The minimum Gasteiger partial charge on any atom is -0.491 e. The van der Waals surface area contributed by atoms with Crippen molar-refractivity contribution < 1.29 is 8.95 Å².